The molecule has 0 bridgehead atoms. The number of carbonyl (C=O) groups is 1. The summed E-state index contributed by atoms with van der Waals surface area (Å²) in [6.45, 7) is 24.7. The number of halogens is 1. The van der Waals surface area contributed by atoms with Crippen LogP contribution in [0.4, 0.5) is 10.1 Å². The summed E-state index contributed by atoms with van der Waals surface area (Å²) in [5, 5.41) is 10.8. The van der Waals surface area contributed by atoms with Crippen LogP contribution in [0.25, 0.3) is 22.7 Å². The van der Waals surface area contributed by atoms with Gasteiger partial charge in [0.25, 0.3) is 11.7 Å². The molecule has 4 aromatic rings. The third kappa shape index (κ3) is 9.03. The zero-order chi connectivity index (χ0) is 32.3. The van der Waals surface area contributed by atoms with E-state index in [9.17, 15) is 9.18 Å². The molecule has 5 rings (SSSR count). The number of nitrogens with one attached hydrogen (secondary N) is 2. The van der Waals surface area contributed by atoms with E-state index < -0.39 is 11.7 Å². The van der Waals surface area contributed by atoms with Gasteiger partial charge in [0.2, 0.25) is 5.76 Å². The Morgan fingerprint density at radius 1 is 1.09 bits per heavy atom. The molecule has 0 spiro atoms. The van der Waals surface area contributed by atoms with Crippen LogP contribution in [-0.2, 0) is 0 Å². The number of hydrogen-bond acceptors (Lipinski definition) is 7. The third-order valence-electron chi connectivity index (χ3n) is 5.97. The van der Waals surface area contributed by atoms with Crippen LogP contribution in [0, 0.1) is 25.1 Å². The van der Waals surface area contributed by atoms with Crippen molar-refractivity contribution >= 4 is 22.9 Å². The van der Waals surface area contributed by atoms with Gasteiger partial charge in [-0.1, -0.05) is 47.6 Å². The lowest BCUT2D eigenvalue weighted by atomic mass is 9.82. The summed E-state index contributed by atoms with van der Waals surface area (Å²) in [5.41, 5.74) is 3.34. The summed E-state index contributed by atoms with van der Waals surface area (Å²) < 4.78 is 21.7. The zero-order valence-electron chi connectivity index (χ0n) is 27.6. The second-order valence-corrected chi connectivity index (χ2v) is 13.4. The molecule has 1 aliphatic rings. The lowest BCUT2D eigenvalue weighted by molar-refractivity contribution is 0.0994. The van der Waals surface area contributed by atoms with Crippen molar-refractivity contribution in [2.45, 2.75) is 101 Å². The summed E-state index contributed by atoms with van der Waals surface area (Å²) in [6.07, 6.45) is 6.65. The SMILES string of the molecule is CC.CC(C)(C)C.Cc1nc(C)c(C(=O)Nc2ccc(F)c(-c3nc4ncc(C5=CC(C)(C)NC(C)(C)C5)cn4n3)c2)o1. The fourth-order valence-corrected chi connectivity index (χ4v) is 4.87. The second kappa shape index (κ2) is 12.8. The van der Waals surface area contributed by atoms with E-state index in [4.69, 9.17) is 4.42 Å². The number of aryl methyl sites for hydroxylation is 2. The highest BCUT2D eigenvalue weighted by atomic mass is 19.1. The van der Waals surface area contributed by atoms with Gasteiger partial charge in [-0.15, -0.1) is 5.10 Å². The highest BCUT2D eigenvalue weighted by Gasteiger charge is 2.32. The van der Waals surface area contributed by atoms with Crippen LogP contribution in [0.5, 0.6) is 0 Å². The maximum absolute atomic E-state index is 14.8. The van der Waals surface area contributed by atoms with Crippen LogP contribution in [0.2, 0.25) is 0 Å². The highest BCUT2D eigenvalue weighted by Crippen LogP contribution is 2.33. The molecule has 0 radical (unpaired) electrons. The van der Waals surface area contributed by atoms with Crippen LogP contribution >= 0.6 is 0 Å². The van der Waals surface area contributed by atoms with Crippen molar-refractivity contribution in [3.05, 3.63) is 65.4 Å². The number of oxazole rings is 1. The molecular weight excluding hydrogens is 545 g/mol. The quantitative estimate of drug-likeness (QED) is 0.249. The van der Waals surface area contributed by atoms with Gasteiger partial charge in [0.15, 0.2) is 11.7 Å². The molecule has 43 heavy (non-hydrogen) atoms. The molecule has 10 heteroatoms. The Morgan fingerprint density at radius 2 is 1.74 bits per heavy atom. The van der Waals surface area contributed by atoms with Crippen molar-refractivity contribution in [2.75, 3.05) is 5.32 Å². The van der Waals surface area contributed by atoms with Crippen LogP contribution in [0.3, 0.4) is 0 Å². The third-order valence-corrected chi connectivity index (χ3v) is 5.97. The van der Waals surface area contributed by atoms with Gasteiger partial charge >= 0.3 is 0 Å². The Kier molecular flexibility index (Phi) is 9.96. The summed E-state index contributed by atoms with van der Waals surface area (Å²) in [4.78, 5) is 25.6. The number of hydrogen-bond donors (Lipinski definition) is 2. The number of aromatic nitrogens is 5. The Morgan fingerprint density at radius 3 is 2.33 bits per heavy atom. The van der Waals surface area contributed by atoms with E-state index in [1.165, 1.54) is 18.2 Å². The Balaban J connectivity index is 0.000000657. The topological polar surface area (TPSA) is 110 Å². The van der Waals surface area contributed by atoms with Crippen molar-refractivity contribution in [1.82, 2.24) is 29.9 Å². The summed E-state index contributed by atoms with van der Waals surface area (Å²) in [5.74, 6) is 0.0369. The van der Waals surface area contributed by atoms with Crippen molar-refractivity contribution in [1.29, 1.82) is 0 Å². The van der Waals surface area contributed by atoms with Crippen LogP contribution in [0.15, 0.2) is 41.1 Å². The average Bonchev–Trinajstić information content (AvgIpc) is 3.45. The number of amides is 1. The minimum absolute atomic E-state index is 0.0764. The normalized spacial score (nSPS) is 15.5. The first-order chi connectivity index (χ1) is 19.9. The van der Waals surface area contributed by atoms with Gasteiger partial charge in [-0.25, -0.2) is 18.9 Å². The van der Waals surface area contributed by atoms with Gasteiger partial charge in [-0.3, -0.25) is 4.79 Å². The molecule has 1 aromatic carbocycles. The first kappa shape index (κ1) is 33.6. The first-order valence-corrected chi connectivity index (χ1v) is 14.7. The molecule has 0 fully saturated rings. The van der Waals surface area contributed by atoms with Gasteiger partial charge in [0.05, 0.1) is 11.3 Å². The van der Waals surface area contributed by atoms with Gasteiger partial charge in [-0.2, -0.15) is 4.98 Å². The maximum Gasteiger partial charge on any atom is 0.293 e. The van der Waals surface area contributed by atoms with E-state index >= 15 is 0 Å². The van der Waals surface area contributed by atoms with E-state index in [0.29, 0.717) is 28.5 Å². The van der Waals surface area contributed by atoms with Crippen LogP contribution in [0.1, 0.15) is 103 Å². The number of anilines is 1. The molecule has 1 aliphatic heterocycles. The monoisotopic (exact) mass is 591 g/mol. The van der Waals surface area contributed by atoms with Crippen molar-refractivity contribution in [2.24, 2.45) is 5.41 Å². The molecule has 3 aromatic heterocycles. The summed E-state index contributed by atoms with van der Waals surface area (Å²) >= 11 is 0. The van der Waals surface area contributed by atoms with E-state index in [0.717, 1.165) is 17.6 Å². The predicted octanol–water partition coefficient (Wildman–Crippen LogP) is 7.80. The van der Waals surface area contributed by atoms with Crippen molar-refractivity contribution < 1.29 is 13.6 Å². The lowest BCUT2D eigenvalue weighted by Crippen LogP contribution is -2.53. The molecule has 0 saturated heterocycles. The van der Waals surface area contributed by atoms with Crippen LogP contribution in [-0.4, -0.2) is 41.6 Å². The molecule has 4 heterocycles. The number of carbonyl (C=O) groups excluding carboxylic acids is 1. The van der Waals surface area contributed by atoms with E-state index in [1.807, 2.05) is 20.0 Å². The van der Waals surface area contributed by atoms with Gasteiger partial charge in [0.1, 0.15) is 5.82 Å². The predicted molar refractivity (Wildman–Crippen MR) is 170 cm³/mol. The minimum atomic E-state index is -0.514. The van der Waals surface area contributed by atoms with Gasteiger partial charge in [0, 0.05) is 41.6 Å². The van der Waals surface area contributed by atoms with Crippen LogP contribution < -0.4 is 10.6 Å². The standard InChI is InChI=1S/C26H28FN7O2.C5H12.C2H6/c1-14-21(36-15(2)29-14)23(35)30-18-7-8-20(27)19(9-18)22-31-24-28-12-17(13-34(24)32-22)16-10-25(3,4)33-26(5,6)11-16;1-5(2,3)4;1-2/h7-10,12-13,33H,11H2,1-6H3,(H,30,35);1-4H3;1-2H3. The fourth-order valence-electron chi connectivity index (χ4n) is 4.87. The highest BCUT2D eigenvalue weighted by molar-refractivity contribution is 6.03. The Hall–Kier alpha value is -3.92. The van der Waals surface area contributed by atoms with Crippen molar-refractivity contribution in [3.8, 4) is 11.4 Å². The molecule has 2 N–H and O–H groups in total. The number of fused-ring (bicyclic) bond motifs is 1. The largest absolute Gasteiger partial charge is 0.436 e. The van der Waals surface area contributed by atoms with E-state index in [1.54, 1.807) is 24.6 Å². The fraction of sp³-hybridized carbons (Fsp3) is 0.485. The molecule has 0 atom stereocenters. The lowest BCUT2D eigenvalue weighted by Gasteiger charge is -2.41. The molecule has 0 saturated carbocycles. The van der Waals surface area contributed by atoms with Crippen molar-refractivity contribution in [3.63, 3.8) is 0 Å². The Labute approximate surface area is 254 Å². The number of rotatable bonds is 4. The first-order valence-electron chi connectivity index (χ1n) is 14.7. The molecular formula is C33H46FN7O2. The summed E-state index contributed by atoms with van der Waals surface area (Å²) in [7, 11) is 0. The molecule has 232 valence electrons. The van der Waals surface area contributed by atoms with E-state index in [-0.39, 0.29) is 28.2 Å². The maximum atomic E-state index is 14.8. The van der Waals surface area contributed by atoms with Gasteiger partial charge in [-0.05, 0) is 70.2 Å². The second-order valence-electron chi connectivity index (χ2n) is 13.4. The zero-order valence-corrected chi connectivity index (χ0v) is 27.6. The van der Waals surface area contributed by atoms with E-state index in [2.05, 4.69) is 92.2 Å². The average molecular weight is 592 g/mol. The summed E-state index contributed by atoms with van der Waals surface area (Å²) in [6, 6.07) is 4.22. The molecule has 0 unspecified atom stereocenters. The smallest absolute Gasteiger partial charge is 0.293 e. The minimum Gasteiger partial charge on any atom is -0.436 e. The molecule has 9 nitrogen and oxygen atoms in total. The number of nitrogens with zero attached hydrogens (tertiary/aromatic N) is 5. The molecule has 0 aliphatic carbocycles. The Bertz CT molecular complexity index is 1620. The van der Waals surface area contributed by atoms with Gasteiger partial charge < -0.3 is 15.1 Å². The number of benzene rings is 1. The molecule has 1 amide bonds.